The first-order chi connectivity index (χ1) is 20.4. The Hall–Kier alpha value is -3.87. The van der Waals surface area contributed by atoms with Crippen LogP contribution < -0.4 is 33.2 Å². The van der Waals surface area contributed by atoms with E-state index in [-0.39, 0.29) is 37.6 Å². The van der Waals surface area contributed by atoms with Crippen LogP contribution >= 0.6 is 0 Å². The number of nitrogens with two attached hydrogens (primary N) is 3. The Balaban J connectivity index is 1.68. The summed E-state index contributed by atoms with van der Waals surface area (Å²) < 4.78 is 0. The van der Waals surface area contributed by atoms with Gasteiger partial charge in [0.15, 0.2) is 0 Å². The molecule has 0 unspecified atom stereocenters. The van der Waals surface area contributed by atoms with Crippen molar-refractivity contribution in [3.8, 4) is 0 Å². The van der Waals surface area contributed by atoms with Crippen LogP contribution in [-0.4, -0.2) is 69.7 Å². The SMILES string of the molecule is Nc1cc(NCCCO)nc(C2CC(c3cc(N)cc(NCCCO)n3)CC(c3cc(N)cc(NCCCO)n3)C2)c1. The Morgan fingerprint density at radius 1 is 0.524 bits per heavy atom. The molecule has 0 bridgehead atoms. The van der Waals surface area contributed by atoms with Crippen molar-refractivity contribution in [2.45, 2.75) is 56.3 Å². The lowest BCUT2D eigenvalue weighted by atomic mass is 9.71. The lowest BCUT2D eigenvalue weighted by molar-refractivity contribution is 0.292. The molecule has 1 saturated carbocycles. The summed E-state index contributed by atoms with van der Waals surface area (Å²) in [5.41, 5.74) is 23.5. The summed E-state index contributed by atoms with van der Waals surface area (Å²) in [6.45, 7) is 2.09. The number of nitrogen functional groups attached to an aromatic ring is 3. The summed E-state index contributed by atoms with van der Waals surface area (Å²) in [5.74, 6) is 2.27. The van der Waals surface area contributed by atoms with Crippen LogP contribution in [-0.2, 0) is 0 Å². The maximum Gasteiger partial charge on any atom is 0.128 e. The van der Waals surface area contributed by atoms with Gasteiger partial charge in [-0.05, 0) is 56.7 Å². The van der Waals surface area contributed by atoms with E-state index in [1.165, 1.54) is 0 Å². The summed E-state index contributed by atoms with van der Waals surface area (Å²) in [7, 11) is 0. The highest BCUT2D eigenvalue weighted by atomic mass is 16.3. The van der Waals surface area contributed by atoms with Crippen molar-refractivity contribution in [2.24, 2.45) is 0 Å². The average Bonchev–Trinajstić information content (AvgIpc) is 2.96. The molecule has 0 saturated heterocycles. The molecular formula is C30H45N9O3. The lowest BCUT2D eigenvalue weighted by Crippen LogP contribution is -2.23. The zero-order valence-electron chi connectivity index (χ0n) is 24.1. The van der Waals surface area contributed by atoms with E-state index in [1.54, 1.807) is 0 Å². The molecule has 0 aliphatic heterocycles. The standard InChI is InChI=1S/C30H45N9O3/c31-22-13-25(37-28(16-22)34-4-1-7-40)19-10-20(26-14-23(32)17-29(38-26)35-5-2-8-41)12-21(11-19)27-15-24(33)18-30(39-27)36-6-3-9-42/h13-21,40-42H,1-12H2,(H3,31,34,37)(H3,32,35,38)(H3,33,36,39). The molecule has 12 N–H and O–H groups in total. The second-order valence-electron chi connectivity index (χ2n) is 10.9. The predicted octanol–water partition coefficient (Wildman–Crippen LogP) is 2.84. The maximum atomic E-state index is 9.18. The quantitative estimate of drug-likeness (QED) is 0.119. The van der Waals surface area contributed by atoms with E-state index in [1.807, 2.05) is 36.4 Å². The number of aliphatic hydroxyl groups excluding tert-OH is 3. The van der Waals surface area contributed by atoms with Crippen molar-refractivity contribution >= 4 is 34.5 Å². The van der Waals surface area contributed by atoms with Gasteiger partial charge < -0.3 is 48.5 Å². The predicted molar refractivity (Wildman–Crippen MR) is 169 cm³/mol. The highest BCUT2D eigenvalue weighted by molar-refractivity contribution is 5.54. The number of rotatable bonds is 15. The zero-order chi connectivity index (χ0) is 29.9. The van der Waals surface area contributed by atoms with E-state index in [2.05, 4.69) is 16.0 Å². The molecule has 42 heavy (non-hydrogen) atoms. The van der Waals surface area contributed by atoms with Gasteiger partial charge in [0.2, 0.25) is 0 Å². The molecule has 0 atom stereocenters. The van der Waals surface area contributed by atoms with Gasteiger partial charge in [-0.3, -0.25) is 0 Å². The third-order valence-corrected chi connectivity index (χ3v) is 7.49. The van der Waals surface area contributed by atoms with Crippen LogP contribution in [0.3, 0.4) is 0 Å². The summed E-state index contributed by atoms with van der Waals surface area (Å²) >= 11 is 0. The van der Waals surface area contributed by atoms with Gasteiger partial charge in [-0.2, -0.15) is 0 Å². The van der Waals surface area contributed by atoms with Gasteiger partial charge in [0.05, 0.1) is 0 Å². The van der Waals surface area contributed by atoms with E-state index >= 15 is 0 Å². The molecule has 0 spiro atoms. The van der Waals surface area contributed by atoms with Crippen molar-refractivity contribution in [3.63, 3.8) is 0 Å². The molecule has 3 aromatic rings. The van der Waals surface area contributed by atoms with Crippen molar-refractivity contribution in [1.82, 2.24) is 15.0 Å². The van der Waals surface area contributed by atoms with Crippen molar-refractivity contribution in [2.75, 3.05) is 72.6 Å². The molecule has 12 nitrogen and oxygen atoms in total. The third-order valence-electron chi connectivity index (χ3n) is 7.49. The Labute approximate surface area is 247 Å². The number of nitrogens with zero attached hydrogens (tertiary/aromatic N) is 3. The number of aromatic nitrogens is 3. The normalized spacial score (nSPS) is 18.5. The molecule has 3 aromatic heterocycles. The van der Waals surface area contributed by atoms with Gasteiger partial charge in [0.25, 0.3) is 0 Å². The summed E-state index contributed by atoms with van der Waals surface area (Å²) in [5, 5.41) is 37.4. The van der Waals surface area contributed by atoms with Crippen LogP contribution in [0.5, 0.6) is 0 Å². The topological polar surface area (TPSA) is 214 Å². The van der Waals surface area contributed by atoms with Gasteiger partial charge >= 0.3 is 0 Å². The summed E-state index contributed by atoms with van der Waals surface area (Å²) in [4.78, 5) is 14.8. The van der Waals surface area contributed by atoms with Crippen LogP contribution in [0, 0.1) is 0 Å². The fraction of sp³-hybridized carbons (Fsp3) is 0.500. The van der Waals surface area contributed by atoms with Gasteiger partial charge in [-0.1, -0.05) is 0 Å². The van der Waals surface area contributed by atoms with E-state index in [4.69, 9.17) is 32.2 Å². The molecule has 0 radical (unpaired) electrons. The van der Waals surface area contributed by atoms with Gasteiger partial charge in [0, 0.05) is 110 Å². The molecular weight excluding hydrogens is 534 g/mol. The van der Waals surface area contributed by atoms with Gasteiger partial charge in [-0.15, -0.1) is 0 Å². The van der Waals surface area contributed by atoms with Crippen molar-refractivity contribution in [3.05, 3.63) is 53.5 Å². The van der Waals surface area contributed by atoms with Crippen LogP contribution in [0.25, 0.3) is 0 Å². The van der Waals surface area contributed by atoms with Crippen LogP contribution in [0.4, 0.5) is 34.5 Å². The number of anilines is 6. The molecule has 0 amide bonds. The first kappa shape index (κ1) is 31.1. The molecule has 0 aromatic carbocycles. The molecule has 4 rings (SSSR count). The second kappa shape index (κ2) is 15.4. The Morgan fingerprint density at radius 3 is 1.07 bits per heavy atom. The third kappa shape index (κ3) is 8.81. The Morgan fingerprint density at radius 2 is 0.810 bits per heavy atom. The average molecular weight is 580 g/mol. The van der Waals surface area contributed by atoms with Crippen LogP contribution in [0.15, 0.2) is 36.4 Å². The lowest BCUT2D eigenvalue weighted by Gasteiger charge is -2.35. The van der Waals surface area contributed by atoms with E-state index in [9.17, 15) is 15.3 Å². The summed E-state index contributed by atoms with van der Waals surface area (Å²) in [6, 6.07) is 11.2. The van der Waals surface area contributed by atoms with E-state index in [0.29, 0.717) is 73.4 Å². The van der Waals surface area contributed by atoms with Gasteiger partial charge in [-0.25, -0.2) is 15.0 Å². The van der Waals surface area contributed by atoms with E-state index < -0.39 is 0 Å². The Kier molecular flexibility index (Phi) is 11.4. The molecule has 1 aliphatic rings. The second-order valence-corrected chi connectivity index (χ2v) is 10.9. The minimum absolute atomic E-state index is 0.0682. The van der Waals surface area contributed by atoms with Gasteiger partial charge in [0.1, 0.15) is 17.5 Å². The molecule has 228 valence electrons. The molecule has 3 heterocycles. The zero-order valence-corrected chi connectivity index (χ0v) is 24.1. The fourth-order valence-electron chi connectivity index (χ4n) is 5.55. The monoisotopic (exact) mass is 579 g/mol. The molecule has 1 fully saturated rings. The number of nitrogens with one attached hydrogen (secondary N) is 3. The van der Waals surface area contributed by atoms with Crippen LogP contribution in [0.2, 0.25) is 0 Å². The highest BCUT2D eigenvalue weighted by Gasteiger charge is 2.34. The maximum absolute atomic E-state index is 9.18. The number of hydrogen-bond donors (Lipinski definition) is 9. The smallest absolute Gasteiger partial charge is 0.128 e. The largest absolute Gasteiger partial charge is 0.399 e. The van der Waals surface area contributed by atoms with Crippen molar-refractivity contribution < 1.29 is 15.3 Å². The van der Waals surface area contributed by atoms with Crippen molar-refractivity contribution in [1.29, 1.82) is 0 Å². The first-order valence-corrected chi connectivity index (χ1v) is 14.7. The van der Waals surface area contributed by atoms with Crippen LogP contribution in [0.1, 0.15) is 73.4 Å². The first-order valence-electron chi connectivity index (χ1n) is 14.7. The minimum atomic E-state index is 0.0682. The van der Waals surface area contributed by atoms with E-state index in [0.717, 1.165) is 36.3 Å². The number of pyridine rings is 3. The Bertz CT molecular complexity index is 1130. The molecule has 1 aliphatic carbocycles. The minimum Gasteiger partial charge on any atom is -0.399 e. The number of aliphatic hydroxyl groups is 3. The molecule has 12 heteroatoms. The fourth-order valence-corrected chi connectivity index (χ4v) is 5.55. The number of hydrogen-bond acceptors (Lipinski definition) is 12. The highest BCUT2D eigenvalue weighted by Crippen LogP contribution is 2.48. The summed E-state index contributed by atoms with van der Waals surface area (Å²) in [6.07, 6.45) is 4.26.